The molecule has 1 amide bonds. The molecular weight excluding hydrogens is 236 g/mol. The van der Waals surface area contributed by atoms with Crippen molar-refractivity contribution in [3.63, 3.8) is 0 Å². The van der Waals surface area contributed by atoms with Gasteiger partial charge in [0.1, 0.15) is 0 Å². The summed E-state index contributed by atoms with van der Waals surface area (Å²) in [4.78, 5) is 11.7. The van der Waals surface area contributed by atoms with Crippen LogP contribution in [0.25, 0.3) is 0 Å². The molecule has 0 saturated carbocycles. The van der Waals surface area contributed by atoms with Gasteiger partial charge >= 0.3 is 0 Å². The van der Waals surface area contributed by atoms with Crippen LogP contribution in [0, 0.1) is 12.8 Å². The lowest BCUT2D eigenvalue weighted by atomic mass is 10.1. The molecule has 0 aliphatic heterocycles. The monoisotopic (exact) mass is 262 g/mol. The molecule has 0 atom stereocenters. The van der Waals surface area contributed by atoms with Crippen molar-refractivity contribution in [2.24, 2.45) is 5.92 Å². The molecule has 2 N–H and O–H groups in total. The molecule has 106 valence electrons. The van der Waals surface area contributed by atoms with Crippen LogP contribution in [0.1, 0.15) is 37.8 Å². The second-order valence-corrected chi connectivity index (χ2v) is 5.39. The summed E-state index contributed by atoms with van der Waals surface area (Å²) in [6.45, 7) is 8.84. The van der Waals surface area contributed by atoms with Gasteiger partial charge in [0, 0.05) is 19.5 Å². The highest BCUT2D eigenvalue weighted by Crippen LogP contribution is 2.05. The summed E-state index contributed by atoms with van der Waals surface area (Å²) >= 11 is 0. The SMILES string of the molecule is Cc1ccccc1CNC(=O)CCNCCC(C)C. The predicted molar refractivity (Wildman–Crippen MR) is 80.0 cm³/mol. The minimum absolute atomic E-state index is 0.111. The highest BCUT2D eigenvalue weighted by atomic mass is 16.1. The average molecular weight is 262 g/mol. The molecule has 19 heavy (non-hydrogen) atoms. The molecule has 3 heteroatoms. The van der Waals surface area contributed by atoms with Gasteiger partial charge in [-0.3, -0.25) is 4.79 Å². The maximum absolute atomic E-state index is 11.7. The molecule has 3 nitrogen and oxygen atoms in total. The van der Waals surface area contributed by atoms with Crippen LogP contribution in [-0.4, -0.2) is 19.0 Å². The van der Waals surface area contributed by atoms with Gasteiger partial charge in [0.25, 0.3) is 0 Å². The van der Waals surface area contributed by atoms with Crippen molar-refractivity contribution in [3.05, 3.63) is 35.4 Å². The van der Waals surface area contributed by atoms with Crippen molar-refractivity contribution >= 4 is 5.91 Å². The second-order valence-electron chi connectivity index (χ2n) is 5.39. The van der Waals surface area contributed by atoms with Crippen molar-refractivity contribution < 1.29 is 4.79 Å². The number of amides is 1. The third-order valence-electron chi connectivity index (χ3n) is 3.16. The zero-order valence-corrected chi connectivity index (χ0v) is 12.3. The van der Waals surface area contributed by atoms with E-state index in [2.05, 4.69) is 43.5 Å². The van der Waals surface area contributed by atoms with E-state index in [1.807, 2.05) is 12.1 Å². The van der Waals surface area contributed by atoms with Crippen LogP contribution in [0.2, 0.25) is 0 Å². The first-order chi connectivity index (χ1) is 9.09. The fraction of sp³-hybridized carbons (Fsp3) is 0.562. The molecule has 0 fully saturated rings. The third kappa shape index (κ3) is 6.97. The topological polar surface area (TPSA) is 41.1 Å². The zero-order chi connectivity index (χ0) is 14.1. The maximum atomic E-state index is 11.7. The van der Waals surface area contributed by atoms with E-state index < -0.39 is 0 Å². The van der Waals surface area contributed by atoms with Crippen molar-refractivity contribution in [2.45, 2.75) is 40.2 Å². The lowest BCUT2D eigenvalue weighted by Crippen LogP contribution is -2.28. The summed E-state index contributed by atoms with van der Waals surface area (Å²) in [5.41, 5.74) is 2.40. The Labute approximate surface area is 116 Å². The van der Waals surface area contributed by atoms with Crippen LogP contribution >= 0.6 is 0 Å². The van der Waals surface area contributed by atoms with Gasteiger partial charge in [0.2, 0.25) is 5.91 Å². The Morgan fingerprint density at radius 3 is 2.63 bits per heavy atom. The first kappa shape index (κ1) is 15.7. The molecule has 0 heterocycles. The quantitative estimate of drug-likeness (QED) is 0.707. The van der Waals surface area contributed by atoms with Gasteiger partial charge in [-0.05, 0) is 36.9 Å². The fourth-order valence-corrected chi connectivity index (χ4v) is 1.81. The Kier molecular flexibility index (Phi) is 7.19. The molecule has 0 spiro atoms. The van der Waals surface area contributed by atoms with Crippen molar-refractivity contribution in [1.82, 2.24) is 10.6 Å². The molecule has 1 aromatic carbocycles. The van der Waals surface area contributed by atoms with E-state index in [1.54, 1.807) is 0 Å². The predicted octanol–water partition coefficient (Wildman–Crippen LogP) is 2.64. The summed E-state index contributed by atoms with van der Waals surface area (Å²) < 4.78 is 0. The number of hydrogen-bond acceptors (Lipinski definition) is 2. The van der Waals surface area contributed by atoms with E-state index in [-0.39, 0.29) is 5.91 Å². The number of nitrogens with one attached hydrogen (secondary N) is 2. The summed E-state index contributed by atoms with van der Waals surface area (Å²) in [6, 6.07) is 8.13. The molecule has 1 aromatic rings. The normalized spacial score (nSPS) is 10.7. The third-order valence-corrected chi connectivity index (χ3v) is 3.16. The second kappa shape index (κ2) is 8.70. The van der Waals surface area contributed by atoms with Crippen molar-refractivity contribution in [3.8, 4) is 0 Å². The number of benzene rings is 1. The van der Waals surface area contributed by atoms with Crippen LogP contribution in [0.15, 0.2) is 24.3 Å². The average Bonchev–Trinajstić information content (AvgIpc) is 2.37. The van der Waals surface area contributed by atoms with Crippen molar-refractivity contribution in [2.75, 3.05) is 13.1 Å². The van der Waals surface area contributed by atoms with Crippen molar-refractivity contribution in [1.29, 1.82) is 0 Å². The van der Waals surface area contributed by atoms with Gasteiger partial charge in [-0.25, -0.2) is 0 Å². The first-order valence-electron chi connectivity index (χ1n) is 7.11. The highest BCUT2D eigenvalue weighted by Gasteiger charge is 2.02. The van der Waals surface area contributed by atoms with E-state index in [1.165, 1.54) is 11.1 Å². The van der Waals surface area contributed by atoms with Gasteiger partial charge in [-0.1, -0.05) is 38.1 Å². The summed E-state index contributed by atoms with van der Waals surface area (Å²) in [6.07, 6.45) is 1.70. The summed E-state index contributed by atoms with van der Waals surface area (Å²) in [7, 11) is 0. The zero-order valence-electron chi connectivity index (χ0n) is 12.3. The number of rotatable bonds is 8. The first-order valence-corrected chi connectivity index (χ1v) is 7.11. The van der Waals surface area contributed by atoms with E-state index in [9.17, 15) is 4.79 Å². The largest absolute Gasteiger partial charge is 0.352 e. The minimum Gasteiger partial charge on any atom is -0.352 e. The summed E-state index contributed by atoms with van der Waals surface area (Å²) in [5.74, 6) is 0.822. The van der Waals surface area contributed by atoms with Gasteiger partial charge < -0.3 is 10.6 Å². The minimum atomic E-state index is 0.111. The molecule has 0 aromatic heterocycles. The Bertz CT molecular complexity index is 388. The molecular formula is C16H26N2O. The van der Waals surface area contributed by atoms with Crippen LogP contribution in [0.4, 0.5) is 0 Å². The van der Waals surface area contributed by atoms with E-state index >= 15 is 0 Å². The van der Waals surface area contributed by atoms with Gasteiger partial charge in [-0.15, -0.1) is 0 Å². The lowest BCUT2D eigenvalue weighted by Gasteiger charge is -2.09. The van der Waals surface area contributed by atoms with E-state index in [0.717, 1.165) is 19.5 Å². The van der Waals surface area contributed by atoms with Crippen LogP contribution < -0.4 is 10.6 Å². The molecule has 0 aliphatic rings. The van der Waals surface area contributed by atoms with Gasteiger partial charge in [0.15, 0.2) is 0 Å². The van der Waals surface area contributed by atoms with Gasteiger partial charge in [0.05, 0.1) is 0 Å². The maximum Gasteiger partial charge on any atom is 0.221 e. The van der Waals surface area contributed by atoms with Crippen LogP contribution in [-0.2, 0) is 11.3 Å². The molecule has 0 radical (unpaired) electrons. The number of aryl methyl sites for hydroxylation is 1. The van der Waals surface area contributed by atoms with Gasteiger partial charge in [-0.2, -0.15) is 0 Å². The number of hydrogen-bond donors (Lipinski definition) is 2. The summed E-state index contributed by atoms with van der Waals surface area (Å²) in [5, 5.41) is 6.26. The molecule has 0 saturated heterocycles. The van der Waals surface area contributed by atoms with Crippen LogP contribution in [0.5, 0.6) is 0 Å². The highest BCUT2D eigenvalue weighted by molar-refractivity contribution is 5.76. The molecule has 0 bridgehead atoms. The lowest BCUT2D eigenvalue weighted by molar-refractivity contribution is -0.121. The Balaban J connectivity index is 2.13. The smallest absolute Gasteiger partial charge is 0.221 e. The fourth-order valence-electron chi connectivity index (χ4n) is 1.81. The van der Waals surface area contributed by atoms with E-state index in [0.29, 0.717) is 18.9 Å². The molecule has 0 unspecified atom stereocenters. The Morgan fingerprint density at radius 2 is 1.95 bits per heavy atom. The molecule has 1 rings (SSSR count). The Hall–Kier alpha value is -1.35. The number of carbonyl (C=O) groups excluding carboxylic acids is 1. The standard InChI is InChI=1S/C16H26N2O/c1-13(2)8-10-17-11-9-16(19)18-12-15-7-5-4-6-14(15)3/h4-7,13,17H,8-12H2,1-3H3,(H,18,19). The number of carbonyl (C=O) groups is 1. The van der Waals surface area contributed by atoms with E-state index in [4.69, 9.17) is 0 Å². The molecule has 0 aliphatic carbocycles. The Morgan fingerprint density at radius 1 is 1.21 bits per heavy atom. The van der Waals surface area contributed by atoms with Crippen LogP contribution in [0.3, 0.4) is 0 Å².